The minimum absolute atomic E-state index is 0.0296. The lowest BCUT2D eigenvalue weighted by Gasteiger charge is -2.00. The number of carbonyl (C=O) groups excluding carboxylic acids is 1. The molecular weight excluding hydrogens is 230 g/mol. The van der Waals surface area contributed by atoms with Crippen molar-refractivity contribution in [2.24, 2.45) is 0 Å². The molecule has 0 fully saturated rings. The van der Waals surface area contributed by atoms with Crippen LogP contribution in [0.3, 0.4) is 0 Å². The maximum atomic E-state index is 12.9. The Bertz CT molecular complexity index is 493. The van der Waals surface area contributed by atoms with E-state index < -0.39 is 29.0 Å². The molecular formula is C12H10F2O3. The molecule has 3 nitrogen and oxygen atoms in total. The highest BCUT2D eigenvalue weighted by Gasteiger charge is 2.15. The molecule has 90 valence electrons. The lowest BCUT2D eigenvalue weighted by atomic mass is 10.1. The van der Waals surface area contributed by atoms with Crippen molar-refractivity contribution in [3.05, 3.63) is 41.0 Å². The Morgan fingerprint density at radius 3 is 2.41 bits per heavy atom. The predicted molar refractivity (Wildman–Crippen MR) is 57.3 cm³/mol. The van der Waals surface area contributed by atoms with Crippen LogP contribution in [-0.2, 0) is 9.59 Å². The van der Waals surface area contributed by atoms with Crippen LogP contribution in [0.15, 0.2) is 23.8 Å². The minimum Gasteiger partial charge on any atom is -0.478 e. The quantitative estimate of drug-likeness (QED) is 0.499. The molecule has 0 atom stereocenters. The molecule has 0 aromatic heterocycles. The molecule has 0 aliphatic rings. The van der Waals surface area contributed by atoms with E-state index in [-0.39, 0.29) is 12.0 Å². The average Bonchev–Trinajstić information content (AvgIpc) is 2.29. The summed E-state index contributed by atoms with van der Waals surface area (Å²) in [6.07, 6.45) is 1.05. The van der Waals surface area contributed by atoms with Crippen molar-refractivity contribution in [3.63, 3.8) is 0 Å². The van der Waals surface area contributed by atoms with Gasteiger partial charge >= 0.3 is 5.97 Å². The maximum absolute atomic E-state index is 12.9. The van der Waals surface area contributed by atoms with E-state index in [2.05, 4.69) is 0 Å². The Morgan fingerprint density at radius 2 is 1.94 bits per heavy atom. The Kier molecular flexibility index (Phi) is 4.09. The second-order valence-electron chi connectivity index (χ2n) is 3.31. The molecule has 0 amide bonds. The fourth-order valence-corrected chi connectivity index (χ4v) is 1.22. The number of halogens is 2. The van der Waals surface area contributed by atoms with Gasteiger partial charge in [0.15, 0.2) is 17.4 Å². The molecule has 0 bridgehead atoms. The van der Waals surface area contributed by atoms with Crippen molar-refractivity contribution in [1.29, 1.82) is 0 Å². The molecule has 0 saturated heterocycles. The third-order valence-electron chi connectivity index (χ3n) is 2.11. The molecule has 17 heavy (non-hydrogen) atoms. The van der Waals surface area contributed by atoms with Crippen LogP contribution < -0.4 is 0 Å². The van der Waals surface area contributed by atoms with Gasteiger partial charge in [0.2, 0.25) is 0 Å². The maximum Gasteiger partial charge on any atom is 0.339 e. The zero-order valence-electron chi connectivity index (χ0n) is 9.04. The monoisotopic (exact) mass is 240 g/mol. The predicted octanol–water partition coefficient (Wildman–Crippen LogP) is 2.41. The third kappa shape index (κ3) is 3.21. The van der Waals surface area contributed by atoms with Crippen LogP contribution in [-0.4, -0.2) is 16.9 Å². The fourth-order valence-electron chi connectivity index (χ4n) is 1.22. The molecule has 0 spiro atoms. The molecule has 1 N–H and O–H groups in total. The summed E-state index contributed by atoms with van der Waals surface area (Å²) < 4.78 is 25.5. The van der Waals surface area contributed by atoms with Gasteiger partial charge in [-0.05, 0) is 23.8 Å². The number of carboxylic acids is 1. The van der Waals surface area contributed by atoms with Gasteiger partial charge in [0.1, 0.15) is 5.57 Å². The third-order valence-corrected chi connectivity index (χ3v) is 2.11. The Morgan fingerprint density at radius 1 is 1.29 bits per heavy atom. The molecule has 1 rings (SSSR count). The van der Waals surface area contributed by atoms with Crippen molar-refractivity contribution in [1.82, 2.24) is 0 Å². The van der Waals surface area contributed by atoms with Crippen LogP contribution in [0, 0.1) is 11.6 Å². The van der Waals surface area contributed by atoms with E-state index in [9.17, 15) is 18.4 Å². The topological polar surface area (TPSA) is 54.4 Å². The van der Waals surface area contributed by atoms with Gasteiger partial charge in [-0.25, -0.2) is 13.6 Å². The van der Waals surface area contributed by atoms with Crippen LogP contribution in [0.1, 0.15) is 18.9 Å². The fraction of sp³-hybridized carbons (Fsp3) is 0.167. The van der Waals surface area contributed by atoms with Gasteiger partial charge in [-0.15, -0.1) is 0 Å². The number of hydrogen-bond acceptors (Lipinski definition) is 2. The molecule has 0 unspecified atom stereocenters. The van der Waals surface area contributed by atoms with Gasteiger partial charge in [0.05, 0.1) is 0 Å². The first-order valence-electron chi connectivity index (χ1n) is 4.89. The average molecular weight is 240 g/mol. The van der Waals surface area contributed by atoms with E-state index >= 15 is 0 Å². The first-order valence-corrected chi connectivity index (χ1v) is 4.89. The van der Waals surface area contributed by atoms with E-state index in [0.717, 1.165) is 18.2 Å². The minimum atomic E-state index is -1.39. The summed E-state index contributed by atoms with van der Waals surface area (Å²) in [5, 5.41) is 8.80. The van der Waals surface area contributed by atoms with Crippen LogP contribution in [0.25, 0.3) is 6.08 Å². The van der Waals surface area contributed by atoms with Crippen molar-refractivity contribution in [2.75, 3.05) is 0 Å². The highest BCUT2D eigenvalue weighted by molar-refractivity contribution is 6.19. The summed E-state index contributed by atoms with van der Waals surface area (Å²) in [6.45, 7) is 1.52. The molecule has 0 aliphatic carbocycles. The number of carboxylic acid groups (broad SMARTS) is 1. The number of rotatable bonds is 4. The van der Waals surface area contributed by atoms with Gasteiger partial charge in [-0.3, -0.25) is 4.79 Å². The Hall–Kier alpha value is -2.04. The standard InChI is InChI=1S/C12H10F2O3/c1-2-11(15)8(12(16)17)5-7-3-4-9(13)10(14)6-7/h3-6H,2H2,1H3,(H,16,17). The number of Topliss-reactive ketones (excluding diaryl/α,β-unsaturated/α-hetero) is 1. The summed E-state index contributed by atoms with van der Waals surface area (Å²) in [6, 6.07) is 2.91. The number of hydrogen-bond donors (Lipinski definition) is 1. The second-order valence-corrected chi connectivity index (χ2v) is 3.31. The van der Waals surface area contributed by atoms with Crippen LogP contribution in [0.5, 0.6) is 0 Å². The lowest BCUT2D eigenvalue weighted by molar-refractivity contribution is -0.134. The molecule has 1 aromatic carbocycles. The van der Waals surface area contributed by atoms with Gasteiger partial charge < -0.3 is 5.11 Å². The summed E-state index contributed by atoms with van der Waals surface area (Å²) in [4.78, 5) is 22.1. The molecule has 0 aliphatic heterocycles. The zero-order chi connectivity index (χ0) is 13.0. The van der Waals surface area contributed by atoms with E-state index in [1.807, 2.05) is 0 Å². The van der Waals surface area contributed by atoms with Gasteiger partial charge in [-0.2, -0.15) is 0 Å². The van der Waals surface area contributed by atoms with Crippen molar-refractivity contribution >= 4 is 17.8 Å². The van der Waals surface area contributed by atoms with Gasteiger partial charge in [0.25, 0.3) is 0 Å². The number of benzene rings is 1. The lowest BCUT2D eigenvalue weighted by Crippen LogP contribution is -2.10. The summed E-state index contributed by atoms with van der Waals surface area (Å²) in [5.41, 5.74) is -0.318. The second kappa shape index (κ2) is 5.34. The van der Waals surface area contributed by atoms with E-state index in [1.165, 1.54) is 13.0 Å². The summed E-state index contributed by atoms with van der Waals surface area (Å²) >= 11 is 0. The summed E-state index contributed by atoms with van der Waals surface area (Å²) in [5.74, 6) is -4.07. The molecule has 0 heterocycles. The first kappa shape index (κ1) is 13.0. The van der Waals surface area contributed by atoms with Gasteiger partial charge in [0, 0.05) is 6.42 Å². The largest absolute Gasteiger partial charge is 0.478 e. The Balaban J connectivity index is 3.17. The van der Waals surface area contributed by atoms with Crippen LogP contribution >= 0.6 is 0 Å². The number of ketones is 1. The highest BCUT2D eigenvalue weighted by atomic mass is 19.2. The Labute approximate surface area is 96.4 Å². The SMILES string of the molecule is CCC(=O)C(=Cc1ccc(F)c(F)c1)C(=O)O. The molecule has 1 aromatic rings. The molecule has 0 radical (unpaired) electrons. The van der Waals surface area contributed by atoms with Gasteiger partial charge in [-0.1, -0.05) is 13.0 Å². The zero-order valence-corrected chi connectivity index (χ0v) is 9.04. The van der Waals surface area contributed by atoms with Crippen LogP contribution in [0.4, 0.5) is 8.78 Å². The van der Waals surface area contributed by atoms with Crippen molar-refractivity contribution in [2.45, 2.75) is 13.3 Å². The van der Waals surface area contributed by atoms with E-state index in [1.54, 1.807) is 0 Å². The molecule has 0 saturated carbocycles. The summed E-state index contributed by atoms with van der Waals surface area (Å²) in [7, 11) is 0. The van der Waals surface area contributed by atoms with E-state index in [4.69, 9.17) is 5.11 Å². The number of carbonyl (C=O) groups is 2. The smallest absolute Gasteiger partial charge is 0.339 e. The number of aliphatic carboxylic acids is 1. The van der Waals surface area contributed by atoms with E-state index in [0.29, 0.717) is 0 Å². The van der Waals surface area contributed by atoms with Crippen molar-refractivity contribution < 1.29 is 23.5 Å². The molecule has 5 heteroatoms. The van der Waals surface area contributed by atoms with Crippen LogP contribution in [0.2, 0.25) is 0 Å². The highest BCUT2D eigenvalue weighted by Crippen LogP contribution is 2.13. The first-order chi connectivity index (χ1) is 7.95. The normalized spacial score (nSPS) is 11.4. The van der Waals surface area contributed by atoms with Crippen molar-refractivity contribution in [3.8, 4) is 0 Å².